The van der Waals surface area contributed by atoms with Crippen LogP contribution in [0.4, 0.5) is 0 Å². The minimum Gasteiger partial charge on any atom is -0.383 e. The molecule has 18 heavy (non-hydrogen) atoms. The molecule has 0 spiro atoms. The van der Waals surface area contributed by atoms with Crippen molar-refractivity contribution in [2.75, 3.05) is 26.8 Å². The average molecular weight is 269 g/mol. The Morgan fingerprint density at radius 3 is 2.78 bits per heavy atom. The van der Waals surface area contributed by atoms with Gasteiger partial charge in [-0.25, -0.2) is 0 Å². The van der Waals surface area contributed by atoms with Gasteiger partial charge in [0.2, 0.25) is 0 Å². The molecular formula is C15H27NOS. The first-order chi connectivity index (χ1) is 8.58. The summed E-state index contributed by atoms with van der Waals surface area (Å²) < 4.78 is 5.07. The van der Waals surface area contributed by atoms with Crippen molar-refractivity contribution in [2.24, 2.45) is 11.3 Å². The molecule has 0 fully saturated rings. The van der Waals surface area contributed by atoms with Gasteiger partial charge in [-0.05, 0) is 46.6 Å². The van der Waals surface area contributed by atoms with Crippen LogP contribution in [0.15, 0.2) is 16.8 Å². The van der Waals surface area contributed by atoms with E-state index in [9.17, 15) is 0 Å². The van der Waals surface area contributed by atoms with Crippen LogP contribution in [0, 0.1) is 11.3 Å². The minimum absolute atomic E-state index is 0.357. The van der Waals surface area contributed by atoms with Gasteiger partial charge >= 0.3 is 0 Å². The summed E-state index contributed by atoms with van der Waals surface area (Å²) >= 11 is 1.79. The molecule has 1 atom stereocenters. The van der Waals surface area contributed by atoms with Crippen molar-refractivity contribution in [3.8, 4) is 0 Å². The predicted octanol–water partition coefficient (Wildman–Crippen LogP) is 3.58. The number of hydrogen-bond donors (Lipinski definition) is 1. The number of methoxy groups -OCH3 is 1. The highest BCUT2D eigenvalue weighted by atomic mass is 32.1. The fourth-order valence-corrected chi connectivity index (χ4v) is 2.70. The van der Waals surface area contributed by atoms with Gasteiger partial charge < -0.3 is 10.1 Å². The van der Waals surface area contributed by atoms with Crippen molar-refractivity contribution in [3.05, 3.63) is 22.4 Å². The highest BCUT2D eigenvalue weighted by Gasteiger charge is 2.27. The van der Waals surface area contributed by atoms with E-state index in [2.05, 4.69) is 42.9 Å². The summed E-state index contributed by atoms with van der Waals surface area (Å²) in [7, 11) is 1.75. The Kier molecular flexibility index (Phi) is 6.90. The van der Waals surface area contributed by atoms with E-state index in [1.807, 2.05) is 0 Å². The fourth-order valence-electron chi connectivity index (χ4n) is 1.99. The highest BCUT2D eigenvalue weighted by molar-refractivity contribution is 7.07. The smallest absolute Gasteiger partial charge is 0.0587 e. The third kappa shape index (κ3) is 5.09. The van der Waals surface area contributed by atoms with Gasteiger partial charge in [0, 0.05) is 20.2 Å². The van der Waals surface area contributed by atoms with Crippen molar-refractivity contribution in [3.63, 3.8) is 0 Å². The molecule has 0 amide bonds. The molecule has 1 N–H and O–H groups in total. The van der Waals surface area contributed by atoms with E-state index in [0.29, 0.717) is 11.3 Å². The number of rotatable bonds is 9. The van der Waals surface area contributed by atoms with Crippen LogP contribution in [-0.2, 0) is 11.2 Å². The Balaban J connectivity index is 2.41. The Morgan fingerprint density at radius 1 is 1.44 bits per heavy atom. The lowest BCUT2D eigenvalue weighted by atomic mass is 9.75. The molecule has 0 aliphatic heterocycles. The second kappa shape index (κ2) is 7.93. The third-order valence-electron chi connectivity index (χ3n) is 3.97. The lowest BCUT2D eigenvalue weighted by molar-refractivity contribution is 0.168. The summed E-state index contributed by atoms with van der Waals surface area (Å²) in [6, 6.07) is 2.24. The molecule has 0 saturated heterocycles. The van der Waals surface area contributed by atoms with E-state index >= 15 is 0 Å². The van der Waals surface area contributed by atoms with Crippen molar-refractivity contribution in [1.29, 1.82) is 0 Å². The highest BCUT2D eigenvalue weighted by Crippen LogP contribution is 2.32. The summed E-state index contributed by atoms with van der Waals surface area (Å²) in [6.07, 6.45) is 2.42. The Labute approximate surface area is 116 Å². The molecule has 104 valence electrons. The number of hydrogen-bond acceptors (Lipinski definition) is 3. The molecule has 0 radical (unpaired) electrons. The first-order valence-electron chi connectivity index (χ1n) is 6.79. The largest absolute Gasteiger partial charge is 0.383 e. The van der Waals surface area contributed by atoms with Crippen molar-refractivity contribution >= 4 is 11.3 Å². The van der Waals surface area contributed by atoms with Gasteiger partial charge in [-0.15, -0.1) is 0 Å². The maximum Gasteiger partial charge on any atom is 0.0587 e. The second-order valence-corrected chi connectivity index (χ2v) is 6.39. The van der Waals surface area contributed by atoms with E-state index in [1.165, 1.54) is 18.4 Å². The minimum atomic E-state index is 0.357. The maximum absolute atomic E-state index is 5.07. The topological polar surface area (TPSA) is 21.3 Å². The Morgan fingerprint density at radius 2 is 2.22 bits per heavy atom. The summed E-state index contributed by atoms with van der Waals surface area (Å²) in [5.74, 6) is 0.686. The van der Waals surface area contributed by atoms with Crippen LogP contribution in [0.25, 0.3) is 0 Å². The molecule has 1 unspecified atom stereocenters. The van der Waals surface area contributed by atoms with Gasteiger partial charge in [-0.2, -0.15) is 11.3 Å². The van der Waals surface area contributed by atoms with Crippen LogP contribution in [0.3, 0.4) is 0 Å². The van der Waals surface area contributed by atoms with E-state index in [-0.39, 0.29) is 0 Å². The summed E-state index contributed by atoms with van der Waals surface area (Å²) in [5.41, 5.74) is 1.83. The lowest BCUT2D eigenvalue weighted by Crippen LogP contribution is -2.37. The molecule has 3 heteroatoms. The first-order valence-corrected chi connectivity index (χ1v) is 7.73. The Hall–Kier alpha value is -0.380. The average Bonchev–Trinajstić information content (AvgIpc) is 2.85. The number of aryl methyl sites for hydroxylation is 1. The molecule has 0 aliphatic carbocycles. The number of thiophene rings is 1. The van der Waals surface area contributed by atoms with Crippen LogP contribution in [0.5, 0.6) is 0 Å². The molecule has 1 aromatic heterocycles. The quantitative estimate of drug-likeness (QED) is 0.692. The van der Waals surface area contributed by atoms with Gasteiger partial charge in [0.15, 0.2) is 0 Å². The van der Waals surface area contributed by atoms with Crippen LogP contribution >= 0.6 is 11.3 Å². The Bertz CT molecular complexity index is 310. The zero-order valence-electron chi connectivity index (χ0n) is 12.2. The van der Waals surface area contributed by atoms with Gasteiger partial charge in [-0.3, -0.25) is 0 Å². The van der Waals surface area contributed by atoms with Gasteiger partial charge in [-0.1, -0.05) is 20.8 Å². The van der Waals surface area contributed by atoms with Gasteiger partial charge in [0.1, 0.15) is 0 Å². The number of nitrogens with one attached hydrogen (secondary N) is 1. The predicted molar refractivity (Wildman–Crippen MR) is 80.3 cm³/mol. The molecule has 2 nitrogen and oxygen atoms in total. The van der Waals surface area contributed by atoms with E-state index in [1.54, 1.807) is 18.4 Å². The second-order valence-electron chi connectivity index (χ2n) is 5.61. The number of ether oxygens (including phenoxy) is 1. The van der Waals surface area contributed by atoms with Crippen LogP contribution in [0.2, 0.25) is 0 Å². The third-order valence-corrected chi connectivity index (χ3v) is 4.70. The maximum atomic E-state index is 5.07. The summed E-state index contributed by atoms with van der Waals surface area (Å²) in [5, 5.41) is 7.94. The van der Waals surface area contributed by atoms with Crippen molar-refractivity contribution < 1.29 is 4.74 Å². The van der Waals surface area contributed by atoms with E-state index in [4.69, 9.17) is 4.74 Å². The zero-order chi connectivity index (χ0) is 13.4. The monoisotopic (exact) mass is 269 g/mol. The standard InChI is InChI=1S/C15H27NOS/c1-13(2)15(3,12-16-8-9-17-4)7-5-14-6-10-18-11-14/h6,10-11,13,16H,5,7-9,12H2,1-4H3. The summed E-state index contributed by atoms with van der Waals surface area (Å²) in [6.45, 7) is 9.84. The molecule has 0 aromatic carbocycles. The molecule has 1 rings (SSSR count). The van der Waals surface area contributed by atoms with E-state index < -0.39 is 0 Å². The van der Waals surface area contributed by atoms with Gasteiger partial charge in [0.05, 0.1) is 6.61 Å². The first kappa shape index (κ1) is 15.7. The van der Waals surface area contributed by atoms with E-state index in [0.717, 1.165) is 19.7 Å². The zero-order valence-corrected chi connectivity index (χ0v) is 13.0. The van der Waals surface area contributed by atoms with Crippen LogP contribution < -0.4 is 5.32 Å². The molecule has 1 heterocycles. The molecular weight excluding hydrogens is 242 g/mol. The summed E-state index contributed by atoms with van der Waals surface area (Å²) in [4.78, 5) is 0. The molecule has 0 saturated carbocycles. The molecule has 0 aliphatic rings. The SMILES string of the molecule is COCCNCC(C)(CCc1ccsc1)C(C)C. The van der Waals surface area contributed by atoms with Crippen molar-refractivity contribution in [2.45, 2.75) is 33.6 Å². The van der Waals surface area contributed by atoms with Gasteiger partial charge in [0.25, 0.3) is 0 Å². The lowest BCUT2D eigenvalue weighted by Gasteiger charge is -2.34. The normalized spacial score (nSPS) is 14.9. The molecule has 0 bridgehead atoms. The van der Waals surface area contributed by atoms with Crippen molar-refractivity contribution in [1.82, 2.24) is 5.32 Å². The molecule has 1 aromatic rings. The fraction of sp³-hybridized carbons (Fsp3) is 0.733. The van der Waals surface area contributed by atoms with Crippen LogP contribution in [0.1, 0.15) is 32.8 Å². The van der Waals surface area contributed by atoms with Crippen LogP contribution in [-0.4, -0.2) is 26.8 Å².